The molecule has 0 saturated heterocycles. The fraction of sp³-hybridized carbons (Fsp3) is 0. The van der Waals surface area contributed by atoms with E-state index < -0.39 is 0 Å². The van der Waals surface area contributed by atoms with E-state index in [1.54, 1.807) is 22.7 Å². The summed E-state index contributed by atoms with van der Waals surface area (Å²) in [5.41, 5.74) is 8.66. The number of nitrogens with zero attached hydrogens (tertiary/aromatic N) is 4. The van der Waals surface area contributed by atoms with E-state index in [4.69, 9.17) is 9.97 Å². The number of rotatable bonds is 4. The molecular weight excluding hydrogens is 517 g/mol. The van der Waals surface area contributed by atoms with Crippen LogP contribution >= 0.6 is 22.7 Å². The summed E-state index contributed by atoms with van der Waals surface area (Å²) in [6.45, 7) is 0. The lowest BCUT2D eigenvalue weighted by atomic mass is 10.1. The van der Waals surface area contributed by atoms with Crippen molar-refractivity contribution in [2.45, 2.75) is 0 Å². The van der Waals surface area contributed by atoms with Crippen molar-refractivity contribution < 1.29 is 0 Å². The first-order chi connectivity index (χ1) is 19.3. The average molecular weight is 537 g/mol. The van der Waals surface area contributed by atoms with E-state index >= 15 is 0 Å². The van der Waals surface area contributed by atoms with E-state index in [0.29, 0.717) is 0 Å². The van der Waals surface area contributed by atoms with Gasteiger partial charge in [0, 0.05) is 50.9 Å². The van der Waals surface area contributed by atoms with Crippen LogP contribution in [0.1, 0.15) is 0 Å². The molecule has 0 atom stereocenters. The predicted octanol–water partition coefficient (Wildman–Crippen LogP) is 9.25. The summed E-state index contributed by atoms with van der Waals surface area (Å²) in [6.07, 6.45) is 3.73. The summed E-state index contributed by atoms with van der Waals surface area (Å²) < 4.78 is 3.56. The van der Waals surface area contributed by atoms with E-state index in [2.05, 4.69) is 107 Å². The lowest BCUT2D eigenvalue weighted by Gasteiger charge is -2.11. The number of pyridine rings is 1. The molecule has 4 heterocycles. The molecule has 8 aromatic rings. The van der Waals surface area contributed by atoms with E-state index in [1.807, 2.05) is 23.8 Å². The lowest BCUT2D eigenvalue weighted by molar-refractivity contribution is 1.18. The smallest absolute Gasteiger partial charge is 0.124 e. The number of para-hydroxylation sites is 2. The highest BCUT2D eigenvalue weighted by atomic mass is 32.1. The Kier molecular flexibility index (Phi) is 5.14. The molecule has 0 amide bonds. The molecule has 0 aliphatic heterocycles. The second-order valence-corrected chi connectivity index (χ2v) is 11.3. The highest BCUT2D eigenvalue weighted by Crippen LogP contribution is 2.37. The van der Waals surface area contributed by atoms with Crippen LogP contribution in [-0.4, -0.2) is 19.5 Å². The van der Waals surface area contributed by atoms with Gasteiger partial charge in [0.25, 0.3) is 0 Å². The molecule has 0 fully saturated rings. The van der Waals surface area contributed by atoms with E-state index in [0.717, 1.165) is 49.1 Å². The average Bonchev–Trinajstić information content (AvgIpc) is 3.75. The molecule has 39 heavy (non-hydrogen) atoms. The Labute approximate surface area is 232 Å². The molecule has 0 bridgehead atoms. The summed E-state index contributed by atoms with van der Waals surface area (Å²) in [6, 6.07) is 36.4. The summed E-state index contributed by atoms with van der Waals surface area (Å²) in [4.78, 5) is 14.1. The number of benzene rings is 4. The molecule has 4 aromatic heterocycles. The van der Waals surface area contributed by atoms with Crippen molar-refractivity contribution in [1.82, 2.24) is 19.5 Å². The number of fused-ring (bicyclic) bond motifs is 4. The van der Waals surface area contributed by atoms with Crippen molar-refractivity contribution in [3.63, 3.8) is 0 Å². The molecule has 184 valence electrons. The number of aromatic nitrogens is 4. The molecule has 0 N–H and O–H groups in total. The zero-order chi connectivity index (χ0) is 25.8. The first-order valence-corrected chi connectivity index (χ1v) is 14.4. The van der Waals surface area contributed by atoms with Crippen LogP contribution in [0, 0.1) is 0 Å². The van der Waals surface area contributed by atoms with Gasteiger partial charge in [0.2, 0.25) is 0 Å². The maximum absolute atomic E-state index is 4.92. The highest BCUT2D eigenvalue weighted by molar-refractivity contribution is 7.21. The first-order valence-electron chi connectivity index (χ1n) is 12.7. The van der Waals surface area contributed by atoms with Gasteiger partial charge in [-0.2, -0.15) is 0 Å². The van der Waals surface area contributed by atoms with Gasteiger partial charge in [0.1, 0.15) is 10.0 Å². The first kappa shape index (κ1) is 22.3. The fourth-order valence-electron chi connectivity index (χ4n) is 5.24. The largest absolute Gasteiger partial charge is 0.309 e. The van der Waals surface area contributed by atoms with Crippen LogP contribution in [0.25, 0.3) is 70.1 Å². The van der Waals surface area contributed by atoms with Gasteiger partial charge in [-0.1, -0.05) is 54.6 Å². The third kappa shape index (κ3) is 3.76. The van der Waals surface area contributed by atoms with Crippen LogP contribution in [0.2, 0.25) is 0 Å². The third-order valence-corrected chi connectivity index (χ3v) is 8.97. The van der Waals surface area contributed by atoms with Gasteiger partial charge in [0.15, 0.2) is 0 Å². The van der Waals surface area contributed by atoms with Crippen LogP contribution in [0.5, 0.6) is 0 Å². The van der Waals surface area contributed by atoms with Gasteiger partial charge in [-0.3, -0.25) is 4.98 Å². The molecule has 4 nitrogen and oxygen atoms in total. The van der Waals surface area contributed by atoms with Gasteiger partial charge in [0.05, 0.1) is 26.9 Å². The minimum Gasteiger partial charge on any atom is -0.309 e. The maximum Gasteiger partial charge on any atom is 0.124 e. The number of hydrogen-bond acceptors (Lipinski definition) is 5. The minimum absolute atomic E-state index is 0.938. The Bertz CT molecular complexity index is 2090. The molecule has 0 unspecified atom stereocenters. The van der Waals surface area contributed by atoms with Crippen molar-refractivity contribution in [3.8, 4) is 38.1 Å². The van der Waals surface area contributed by atoms with Crippen molar-refractivity contribution in [2.75, 3.05) is 0 Å². The summed E-state index contributed by atoms with van der Waals surface area (Å²) in [7, 11) is 0. The topological polar surface area (TPSA) is 43.6 Å². The Morgan fingerprint density at radius 1 is 0.615 bits per heavy atom. The summed E-state index contributed by atoms with van der Waals surface area (Å²) in [5.74, 6) is 0. The van der Waals surface area contributed by atoms with Crippen LogP contribution in [0.15, 0.2) is 121 Å². The molecule has 0 radical (unpaired) electrons. The van der Waals surface area contributed by atoms with Gasteiger partial charge in [-0.05, 0) is 48.5 Å². The second kappa shape index (κ2) is 8.98. The Balaban J connectivity index is 1.28. The molecule has 6 heteroatoms. The monoisotopic (exact) mass is 536 g/mol. The molecule has 0 aliphatic rings. The number of hydrogen-bond donors (Lipinski definition) is 0. The second-order valence-electron chi connectivity index (χ2n) is 9.39. The maximum atomic E-state index is 4.92. The van der Waals surface area contributed by atoms with Gasteiger partial charge in [-0.15, -0.1) is 22.7 Å². The van der Waals surface area contributed by atoms with Crippen LogP contribution in [0.4, 0.5) is 0 Å². The summed E-state index contributed by atoms with van der Waals surface area (Å²) in [5, 5.41) is 6.47. The third-order valence-electron chi connectivity index (χ3n) is 7.06. The van der Waals surface area contributed by atoms with Crippen LogP contribution < -0.4 is 0 Å². The van der Waals surface area contributed by atoms with E-state index in [9.17, 15) is 0 Å². The Hall–Kier alpha value is -4.65. The minimum atomic E-state index is 0.938. The van der Waals surface area contributed by atoms with Crippen LogP contribution in [0.3, 0.4) is 0 Å². The van der Waals surface area contributed by atoms with Crippen molar-refractivity contribution in [2.24, 2.45) is 0 Å². The quantitative estimate of drug-likeness (QED) is 0.225. The van der Waals surface area contributed by atoms with E-state index in [1.165, 1.54) is 21.0 Å². The van der Waals surface area contributed by atoms with Gasteiger partial charge < -0.3 is 4.57 Å². The predicted molar refractivity (Wildman–Crippen MR) is 164 cm³/mol. The Morgan fingerprint density at radius 3 is 2.36 bits per heavy atom. The van der Waals surface area contributed by atoms with Gasteiger partial charge >= 0.3 is 0 Å². The zero-order valence-corrected chi connectivity index (χ0v) is 22.3. The highest BCUT2D eigenvalue weighted by Gasteiger charge is 2.15. The lowest BCUT2D eigenvalue weighted by Crippen LogP contribution is -1.95. The Morgan fingerprint density at radius 2 is 1.49 bits per heavy atom. The van der Waals surface area contributed by atoms with Crippen LogP contribution in [-0.2, 0) is 0 Å². The molecule has 4 aromatic carbocycles. The molecule has 8 rings (SSSR count). The normalized spacial score (nSPS) is 11.6. The zero-order valence-electron chi connectivity index (χ0n) is 20.7. The van der Waals surface area contributed by atoms with Crippen molar-refractivity contribution >= 4 is 54.7 Å². The van der Waals surface area contributed by atoms with Gasteiger partial charge in [-0.25, -0.2) is 9.97 Å². The van der Waals surface area contributed by atoms with Crippen molar-refractivity contribution in [1.29, 1.82) is 0 Å². The summed E-state index contributed by atoms with van der Waals surface area (Å²) >= 11 is 3.36. The molecular formula is C33H20N4S2. The number of thiazole rings is 2. The SMILES string of the molecule is c1cc(-c2ccc(-c3nccs3)cn2)cc(-n2c3ccccc3c3ccc(-c4nc5ccccc5s4)cc32)c1. The fourth-order valence-corrected chi connectivity index (χ4v) is 6.83. The van der Waals surface area contributed by atoms with E-state index in [-0.39, 0.29) is 0 Å². The molecule has 0 spiro atoms. The molecule has 0 saturated carbocycles. The van der Waals surface area contributed by atoms with Crippen molar-refractivity contribution in [3.05, 3.63) is 121 Å². The molecule has 0 aliphatic carbocycles. The standard InChI is InChI=1S/C33H20N4S2/c1-3-10-29-25(8-1)26-14-12-22(33-36-28-9-2-4-11-31(28)39-33)19-30(26)37(29)24-7-5-6-21(18-24)27-15-13-23(20-35-27)32-34-16-17-38-32/h1-20H.